The van der Waals surface area contributed by atoms with Crippen LogP contribution in [0.25, 0.3) is 0 Å². The molecule has 0 saturated carbocycles. The van der Waals surface area contributed by atoms with E-state index in [-0.39, 0.29) is 12.3 Å². The molecule has 0 spiro atoms. The molecule has 0 aliphatic carbocycles. The average molecular weight is 1520 g/mol. The van der Waals surface area contributed by atoms with Crippen molar-refractivity contribution in [3.05, 3.63) is 12.2 Å². The molecule has 3 aliphatic rings. The van der Waals surface area contributed by atoms with E-state index in [0.29, 0.717) is 12.8 Å². The van der Waals surface area contributed by atoms with E-state index in [2.05, 4.69) is 24.5 Å². The molecule has 3 fully saturated rings. The second-order valence-corrected chi connectivity index (χ2v) is 31.4. The summed E-state index contributed by atoms with van der Waals surface area (Å²) in [5, 5.41) is 137. The van der Waals surface area contributed by atoms with Crippen LogP contribution >= 0.6 is 0 Å². The summed E-state index contributed by atoms with van der Waals surface area (Å²) in [7, 11) is 0. The molecule has 0 radical (unpaired) electrons. The van der Waals surface area contributed by atoms with Crippen LogP contribution in [0.2, 0.25) is 0 Å². The monoisotopic (exact) mass is 1520 g/mol. The number of nitrogens with one attached hydrogen (secondary N) is 2. The lowest BCUT2D eigenvalue weighted by Gasteiger charge is -2.50. The Morgan fingerprint density at radius 2 is 0.877 bits per heavy atom. The Bertz CT molecular complexity index is 2150. The van der Waals surface area contributed by atoms with Crippen molar-refractivity contribution < 1.29 is 104 Å². The van der Waals surface area contributed by atoms with Crippen molar-refractivity contribution >= 4 is 17.8 Å². The SMILES string of the molecule is CCCCCCCCCCCCCCCCCCCCCCCC/C=C/C(O)C(COC1OC(CO)C(OC2OC(CO)C(O)C(OC3(C(=O)O)CC(O)C(NC(C)=O)C(C(O)C(O)CO)O3)C2O)C(O)C1O)NC(=O)CCCCCCCCCCCCCCCCCCCCCCCCCCCCCC. The summed E-state index contributed by atoms with van der Waals surface area (Å²) in [5.41, 5.74) is 0. The molecule has 18 unspecified atom stereocenters. The number of carboxylic acid groups (broad SMARTS) is 1. The van der Waals surface area contributed by atoms with Gasteiger partial charge < -0.3 is 100 Å². The third-order valence-electron chi connectivity index (χ3n) is 22.0. The Hall–Kier alpha value is -2.53. The van der Waals surface area contributed by atoms with Crippen molar-refractivity contribution in [2.75, 3.05) is 26.4 Å². The van der Waals surface area contributed by atoms with Gasteiger partial charge >= 0.3 is 5.97 Å². The van der Waals surface area contributed by atoms with Gasteiger partial charge in [-0.15, -0.1) is 0 Å². The molecule has 0 aromatic carbocycles. The number of carbonyl (C=O) groups excluding carboxylic acids is 2. The average Bonchev–Trinajstić information content (AvgIpc) is 0.751. The fourth-order valence-corrected chi connectivity index (χ4v) is 15.2. The molecule has 0 bridgehead atoms. The molecular weight excluding hydrogens is 1360 g/mol. The number of ether oxygens (including phenoxy) is 6. The first-order chi connectivity index (χ1) is 51.4. The molecule has 106 heavy (non-hydrogen) atoms. The molecule has 18 atom stereocenters. The van der Waals surface area contributed by atoms with Gasteiger partial charge in [0.25, 0.3) is 5.79 Å². The zero-order valence-corrected chi connectivity index (χ0v) is 66.3. The molecule has 23 nitrogen and oxygen atoms in total. The van der Waals surface area contributed by atoms with Crippen LogP contribution in [0.5, 0.6) is 0 Å². The number of carboxylic acids is 1. The number of aliphatic hydroxyl groups is 11. The summed E-state index contributed by atoms with van der Waals surface area (Å²) in [6, 6.07) is -2.62. The summed E-state index contributed by atoms with van der Waals surface area (Å²) in [6.07, 6.45) is 39.6. The highest BCUT2D eigenvalue weighted by molar-refractivity contribution is 5.77. The van der Waals surface area contributed by atoms with Crippen molar-refractivity contribution in [3.8, 4) is 0 Å². The third-order valence-corrected chi connectivity index (χ3v) is 22.0. The quantitative estimate of drug-likeness (QED) is 0.0199. The lowest BCUT2D eigenvalue weighted by molar-refractivity contribution is -0.386. The van der Waals surface area contributed by atoms with Gasteiger partial charge in [-0.3, -0.25) is 9.59 Å². The van der Waals surface area contributed by atoms with Crippen LogP contribution in [0.3, 0.4) is 0 Å². The Morgan fingerprint density at radius 1 is 0.491 bits per heavy atom. The topological polar surface area (TPSA) is 373 Å². The summed E-state index contributed by atoms with van der Waals surface area (Å²) >= 11 is 0. The van der Waals surface area contributed by atoms with Crippen molar-refractivity contribution in [1.29, 1.82) is 0 Å². The van der Waals surface area contributed by atoms with E-state index < -0.39 is 155 Å². The normalized spacial score (nSPS) is 26.1. The van der Waals surface area contributed by atoms with Gasteiger partial charge in [0.05, 0.1) is 50.7 Å². The third kappa shape index (κ3) is 41.3. The first kappa shape index (κ1) is 97.7. The fourth-order valence-electron chi connectivity index (χ4n) is 15.2. The maximum absolute atomic E-state index is 13.6. The number of hydrogen-bond donors (Lipinski definition) is 14. The number of hydrogen-bond acceptors (Lipinski definition) is 20. The molecule has 3 saturated heterocycles. The highest BCUT2D eigenvalue weighted by Crippen LogP contribution is 2.39. The number of unbranched alkanes of at least 4 members (excludes halogenated alkanes) is 49. The predicted octanol–water partition coefficient (Wildman–Crippen LogP) is 12.5. The van der Waals surface area contributed by atoms with Crippen LogP contribution in [0.4, 0.5) is 0 Å². The minimum absolute atomic E-state index is 0.206. The van der Waals surface area contributed by atoms with Crippen LogP contribution in [-0.4, -0.2) is 215 Å². The van der Waals surface area contributed by atoms with Gasteiger partial charge in [-0.2, -0.15) is 0 Å². The van der Waals surface area contributed by atoms with Gasteiger partial charge in [-0.25, -0.2) is 4.79 Å². The van der Waals surface area contributed by atoms with Gasteiger partial charge in [0.2, 0.25) is 11.8 Å². The van der Waals surface area contributed by atoms with E-state index in [1.54, 1.807) is 6.08 Å². The summed E-state index contributed by atoms with van der Waals surface area (Å²) in [5.74, 6) is -6.13. The molecule has 624 valence electrons. The summed E-state index contributed by atoms with van der Waals surface area (Å²) < 4.78 is 35.0. The molecular formula is C83H156N2O21. The largest absolute Gasteiger partial charge is 0.477 e. The highest BCUT2D eigenvalue weighted by Gasteiger charge is 2.60. The molecule has 3 heterocycles. The number of allylic oxidation sites excluding steroid dienone is 1. The van der Waals surface area contributed by atoms with E-state index in [4.69, 9.17) is 28.4 Å². The van der Waals surface area contributed by atoms with Crippen molar-refractivity contribution in [3.63, 3.8) is 0 Å². The maximum atomic E-state index is 13.6. The van der Waals surface area contributed by atoms with Crippen molar-refractivity contribution in [1.82, 2.24) is 10.6 Å². The lowest BCUT2D eigenvalue weighted by Crippen LogP contribution is -2.70. The van der Waals surface area contributed by atoms with Gasteiger partial charge in [-0.05, 0) is 19.3 Å². The van der Waals surface area contributed by atoms with E-state index in [1.165, 1.54) is 270 Å². The zero-order chi connectivity index (χ0) is 77.4. The van der Waals surface area contributed by atoms with Crippen molar-refractivity contribution in [2.45, 2.75) is 471 Å². The lowest BCUT2D eigenvalue weighted by atomic mass is 9.88. The Morgan fingerprint density at radius 3 is 1.25 bits per heavy atom. The van der Waals surface area contributed by atoms with Gasteiger partial charge in [0.1, 0.15) is 67.1 Å². The first-order valence-electron chi connectivity index (χ1n) is 43.1. The summed E-state index contributed by atoms with van der Waals surface area (Å²) in [4.78, 5) is 38.7. The number of rotatable bonds is 69. The second-order valence-electron chi connectivity index (χ2n) is 31.4. The zero-order valence-electron chi connectivity index (χ0n) is 66.3. The maximum Gasteiger partial charge on any atom is 0.364 e. The molecule has 0 aromatic heterocycles. The van der Waals surface area contributed by atoms with E-state index in [9.17, 15) is 75.7 Å². The minimum atomic E-state index is -3.08. The predicted molar refractivity (Wildman–Crippen MR) is 412 cm³/mol. The van der Waals surface area contributed by atoms with Gasteiger partial charge in [-0.1, -0.05) is 334 Å². The molecule has 0 aromatic rings. The van der Waals surface area contributed by atoms with Crippen LogP contribution in [-0.2, 0) is 42.8 Å². The second kappa shape index (κ2) is 62.0. The Labute approximate surface area is 639 Å². The van der Waals surface area contributed by atoms with Crippen LogP contribution in [0, 0.1) is 0 Å². The Balaban J connectivity index is 1.49. The molecule has 3 rings (SSSR count). The van der Waals surface area contributed by atoms with E-state index in [0.717, 1.165) is 51.9 Å². The van der Waals surface area contributed by atoms with E-state index in [1.807, 2.05) is 6.08 Å². The molecule has 14 N–H and O–H groups in total. The van der Waals surface area contributed by atoms with Crippen molar-refractivity contribution in [2.24, 2.45) is 0 Å². The number of amides is 2. The number of carbonyl (C=O) groups is 3. The number of aliphatic hydroxyl groups excluding tert-OH is 11. The minimum Gasteiger partial charge on any atom is -0.477 e. The Kier molecular flexibility index (Phi) is 57.1. The van der Waals surface area contributed by atoms with Crippen LogP contribution < -0.4 is 10.6 Å². The molecule has 23 heteroatoms. The standard InChI is InChI=1S/C83H156N2O21/c1-4-6-8-10-12-14-16-18-20-22-24-26-28-30-31-32-33-35-37-39-41-43-45-47-49-51-53-55-57-70(93)85-64(65(90)56-54-52-50-48-46-44-42-40-38-36-34-29-27-25-23-21-19-17-15-13-11-9-7-5-2)62-101-80-75(97)74(96)77(69(61-88)103-80)104-81-76(98)79(73(95)68(60-87)102-81)106-83(82(99)100)58-66(91)71(84-63(3)89)78(105-83)72(94)67(92)59-86/h54,56,64-69,71-81,86-88,90-92,94-98H,4-53,55,57-62H2,1-3H3,(H,84,89)(H,85,93)(H,99,100)/b56-54+. The molecule has 2 amide bonds. The van der Waals surface area contributed by atoms with Gasteiger partial charge in [0, 0.05) is 19.8 Å². The molecule has 3 aliphatic heterocycles. The number of aliphatic carboxylic acids is 1. The van der Waals surface area contributed by atoms with Crippen LogP contribution in [0.15, 0.2) is 12.2 Å². The first-order valence-corrected chi connectivity index (χ1v) is 43.1. The smallest absolute Gasteiger partial charge is 0.364 e. The van der Waals surface area contributed by atoms with Gasteiger partial charge in [0.15, 0.2) is 12.6 Å². The van der Waals surface area contributed by atoms with E-state index >= 15 is 0 Å². The fraction of sp³-hybridized carbons (Fsp3) is 0.940. The van der Waals surface area contributed by atoms with Crippen LogP contribution in [0.1, 0.15) is 361 Å². The highest BCUT2D eigenvalue weighted by atomic mass is 16.8. The summed E-state index contributed by atoms with van der Waals surface area (Å²) in [6.45, 7) is 2.21.